The topological polar surface area (TPSA) is 48.3 Å². The number of hydrogen-bond donors (Lipinski definition) is 1. The zero-order valence-corrected chi connectivity index (χ0v) is 13.0. The first-order chi connectivity index (χ1) is 10.2. The lowest BCUT2D eigenvalue weighted by molar-refractivity contribution is 0.183. The summed E-state index contributed by atoms with van der Waals surface area (Å²) in [6, 6.07) is 10.3. The van der Waals surface area contributed by atoms with Gasteiger partial charge in [-0.25, -0.2) is 0 Å². The van der Waals surface area contributed by atoms with Gasteiger partial charge in [0.15, 0.2) is 6.61 Å². The minimum atomic E-state index is 0.0964. The minimum Gasteiger partial charge on any atom is -0.479 e. The molecule has 1 aromatic rings. The van der Waals surface area contributed by atoms with Gasteiger partial charge in [0.2, 0.25) is 0 Å². The van der Waals surface area contributed by atoms with Gasteiger partial charge in [-0.1, -0.05) is 6.92 Å². The summed E-state index contributed by atoms with van der Waals surface area (Å²) < 4.78 is 5.26. The second-order valence-electron chi connectivity index (χ2n) is 5.68. The average Bonchev–Trinajstić information content (AvgIpc) is 2.54. The predicted octanol–water partition coefficient (Wildman–Crippen LogP) is 3.12. The highest BCUT2D eigenvalue weighted by molar-refractivity contribution is 5.47. The van der Waals surface area contributed by atoms with E-state index in [4.69, 9.17) is 10.00 Å². The summed E-state index contributed by atoms with van der Waals surface area (Å²) in [4.78, 5) is 2.52. The molecule has 4 heteroatoms. The summed E-state index contributed by atoms with van der Waals surface area (Å²) in [6.45, 7) is 8.20. The molecule has 0 aliphatic carbocycles. The molecule has 4 nitrogen and oxygen atoms in total. The number of hydrogen-bond acceptors (Lipinski definition) is 4. The maximum Gasteiger partial charge on any atom is 0.174 e. The first-order valence-electron chi connectivity index (χ1n) is 7.81. The van der Waals surface area contributed by atoms with Gasteiger partial charge in [-0.3, -0.25) is 0 Å². The van der Waals surface area contributed by atoms with Gasteiger partial charge < -0.3 is 15.0 Å². The molecular weight excluding hydrogens is 262 g/mol. The number of piperidine rings is 1. The van der Waals surface area contributed by atoms with E-state index < -0.39 is 0 Å². The highest BCUT2D eigenvalue weighted by Crippen LogP contribution is 2.24. The summed E-state index contributed by atoms with van der Waals surface area (Å²) in [5.74, 6) is 1.48. The van der Waals surface area contributed by atoms with E-state index in [9.17, 15) is 0 Å². The van der Waals surface area contributed by atoms with Crippen molar-refractivity contribution in [2.75, 3.05) is 31.6 Å². The zero-order chi connectivity index (χ0) is 15.1. The van der Waals surface area contributed by atoms with Crippen molar-refractivity contribution >= 4 is 5.69 Å². The molecule has 1 aromatic carbocycles. The normalized spacial score (nSPS) is 18.0. The zero-order valence-electron chi connectivity index (χ0n) is 13.0. The van der Waals surface area contributed by atoms with Crippen LogP contribution in [0.2, 0.25) is 0 Å². The van der Waals surface area contributed by atoms with Crippen LogP contribution in [-0.2, 0) is 0 Å². The number of anilines is 1. The van der Waals surface area contributed by atoms with Crippen molar-refractivity contribution in [3.8, 4) is 11.8 Å². The van der Waals surface area contributed by atoms with Crippen molar-refractivity contribution in [2.24, 2.45) is 5.92 Å². The van der Waals surface area contributed by atoms with Crippen LogP contribution in [0.25, 0.3) is 0 Å². The van der Waals surface area contributed by atoms with E-state index in [1.165, 1.54) is 32.5 Å². The molecule has 1 N–H and O–H groups in total. The molecule has 1 unspecified atom stereocenters. The Labute approximate surface area is 127 Å². The molecule has 0 spiro atoms. The van der Waals surface area contributed by atoms with Gasteiger partial charge in [0, 0.05) is 11.7 Å². The van der Waals surface area contributed by atoms with Gasteiger partial charge in [-0.05, 0) is 69.6 Å². The van der Waals surface area contributed by atoms with E-state index in [2.05, 4.69) is 24.1 Å². The molecule has 21 heavy (non-hydrogen) atoms. The monoisotopic (exact) mass is 287 g/mol. The van der Waals surface area contributed by atoms with Crippen LogP contribution in [0.5, 0.6) is 5.75 Å². The first kappa shape index (κ1) is 15.7. The Kier molecular flexibility index (Phi) is 5.89. The van der Waals surface area contributed by atoms with E-state index in [0.29, 0.717) is 6.04 Å². The SMILES string of the molecule is CCN1CCC(C(C)Nc2ccc(OCC#N)cc2)CC1. The van der Waals surface area contributed by atoms with Crippen molar-refractivity contribution in [1.82, 2.24) is 4.90 Å². The maximum absolute atomic E-state index is 8.49. The lowest BCUT2D eigenvalue weighted by Gasteiger charge is -2.34. The van der Waals surface area contributed by atoms with Gasteiger partial charge in [0.1, 0.15) is 11.8 Å². The fourth-order valence-electron chi connectivity index (χ4n) is 2.91. The summed E-state index contributed by atoms with van der Waals surface area (Å²) in [7, 11) is 0. The lowest BCUT2D eigenvalue weighted by Crippen LogP contribution is -2.39. The highest BCUT2D eigenvalue weighted by Gasteiger charge is 2.22. The summed E-state index contributed by atoms with van der Waals surface area (Å²) in [6.07, 6.45) is 2.54. The van der Waals surface area contributed by atoms with Crippen LogP contribution in [-0.4, -0.2) is 37.2 Å². The first-order valence-corrected chi connectivity index (χ1v) is 7.81. The number of nitrogens with one attached hydrogen (secondary N) is 1. The quantitative estimate of drug-likeness (QED) is 0.873. The molecule has 1 atom stereocenters. The van der Waals surface area contributed by atoms with Gasteiger partial charge in [0.05, 0.1) is 0 Å². The molecule has 1 aliphatic rings. The third-order valence-electron chi connectivity index (χ3n) is 4.34. The molecule has 0 saturated carbocycles. The third-order valence-corrected chi connectivity index (χ3v) is 4.34. The van der Waals surface area contributed by atoms with Gasteiger partial charge >= 0.3 is 0 Å². The molecule has 1 fully saturated rings. The van der Waals surface area contributed by atoms with Crippen LogP contribution >= 0.6 is 0 Å². The van der Waals surface area contributed by atoms with E-state index in [0.717, 1.165) is 17.4 Å². The highest BCUT2D eigenvalue weighted by atomic mass is 16.5. The molecule has 0 bridgehead atoms. The Hall–Kier alpha value is -1.73. The van der Waals surface area contributed by atoms with Crippen LogP contribution in [0.15, 0.2) is 24.3 Å². The van der Waals surface area contributed by atoms with Crippen LogP contribution in [0.4, 0.5) is 5.69 Å². The van der Waals surface area contributed by atoms with Crippen molar-refractivity contribution in [3.63, 3.8) is 0 Å². The second kappa shape index (κ2) is 7.90. The van der Waals surface area contributed by atoms with Crippen molar-refractivity contribution in [2.45, 2.75) is 32.7 Å². The largest absolute Gasteiger partial charge is 0.479 e. The maximum atomic E-state index is 8.49. The van der Waals surface area contributed by atoms with Crippen LogP contribution in [0.1, 0.15) is 26.7 Å². The Balaban J connectivity index is 1.82. The molecule has 0 aromatic heterocycles. The Bertz CT molecular complexity index is 458. The Morgan fingerprint density at radius 3 is 2.57 bits per heavy atom. The molecule has 114 valence electrons. The Morgan fingerprint density at radius 1 is 1.33 bits per heavy atom. The number of likely N-dealkylation sites (tertiary alicyclic amines) is 1. The molecule has 2 rings (SSSR count). The van der Waals surface area contributed by atoms with Crippen LogP contribution < -0.4 is 10.1 Å². The van der Waals surface area contributed by atoms with E-state index in [1.807, 2.05) is 30.3 Å². The van der Waals surface area contributed by atoms with Gasteiger partial charge in [-0.15, -0.1) is 0 Å². The molecule has 0 amide bonds. The summed E-state index contributed by atoms with van der Waals surface area (Å²) >= 11 is 0. The molecule has 1 heterocycles. The standard InChI is InChI=1S/C17H25N3O/c1-3-20-11-8-15(9-12-20)14(2)19-16-4-6-17(7-5-16)21-13-10-18/h4-7,14-15,19H,3,8-9,11-13H2,1-2H3. The fraction of sp³-hybridized carbons (Fsp3) is 0.588. The van der Waals surface area contributed by atoms with E-state index in [-0.39, 0.29) is 6.61 Å². The second-order valence-corrected chi connectivity index (χ2v) is 5.68. The van der Waals surface area contributed by atoms with Crippen molar-refractivity contribution in [1.29, 1.82) is 5.26 Å². The molecule has 1 aliphatic heterocycles. The number of nitrogens with zero attached hydrogens (tertiary/aromatic N) is 2. The Morgan fingerprint density at radius 2 is 2.00 bits per heavy atom. The molecular formula is C17H25N3O. The number of nitriles is 1. The number of ether oxygens (including phenoxy) is 1. The smallest absolute Gasteiger partial charge is 0.174 e. The summed E-state index contributed by atoms with van der Waals surface area (Å²) in [5.41, 5.74) is 1.12. The van der Waals surface area contributed by atoms with E-state index >= 15 is 0 Å². The van der Waals surface area contributed by atoms with Crippen LogP contribution in [0.3, 0.4) is 0 Å². The van der Waals surface area contributed by atoms with E-state index in [1.54, 1.807) is 0 Å². The van der Waals surface area contributed by atoms with Crippen LogP contribution in [0, 0.1) is 17.2 Å². The fourth-order valence-corrected chi connectivity index (χ4v) is 2.91. The van der Waals surface area contributed by atoms with Gasteiger partial charge in [-0.2, -0.15) is 5.26 Å². The average molecular weight is 287 g/mol. The third kappa shape index (κ3) is 4.64. The lowest BCUT2D eigenvalue weighted by atomic mass is 9.90. The van der Waals surface area contributed by atoms with Gasteiger partial charge in [0.25, 0.3) is 0 Å². The predicted molar refractivity (Wildman–Crippen MR) is 85.5 cm³/mol. The summed E-state index contributed by atoms with van der Waals surface area (Å²) in [5, 5.41) is 12.1. The minimum absolute atomic E-state index is 0.0964. The number of rotatable bonds is 6. The molecule has 0 radical (unpaired) electrons. The van der Waals surface area contributed by atoms with Crippen molar-refractivity contribution in [3.05, 3.63) is 24.3 Å². The molecule has 1 saturated heterocycles. The van der Waals surface area contributed by atoms with Crippen molar-refractivity contribution < 1.29 is 4.74 Å². The number of benzene rings is 1.